The molecule has 0 bridgehead atoms. The Kier molecular flexibility index (Phi) is 6.58. The van der Waals surface area contributed by atoms with Crippen LogP contribution in [0.25, 0.3) is 0 Å². The van der Waals surface area contributed by atoms with Gasteiger partial charge >= 0.3 is 0 Å². The lowest BCUT2D eigenvalue weighted by Crippen LogP contribution is -2.16. The molecule has 2 rings (SSSR count). The summed E-state index contributed by atoms with van der Waals surface area (Å²) < 4.78 is 5.38. The van der Waals surface area contributed by atoms with Crippen LogP contribution in [0.1, 0.15) is 37.4 Å². The zero-order chi connectivity index (χ0) is 18.4. The number of ether oxygens (including phenoxy) is 1. The number of amides is 1. The Morgan fingerprint density at radius 3 is 2.64 bits per heavy atom. The third-order valence-corrected chi connectivity index (χ3v) is 4.20. The molecule has 1 heterocycles. The van der Waals surface area contributed by atoms with Gasteiger partial charge in [-0.1, -0.05) is 30.8 Å². The first-order chi connectivity index (χ1) is 12.0. The predicted octanol–water partition coefficient (Wildman–Crippen LogP) is 3.43. The molecule has 134 valence electrons. The van der Waals surface area contributed by atoms with Crippen molar-refractivity contribution in [2.45, 2.75) is 38.4 Å². The lowest BCUT2D eigenvalue weighted by atomic mass is 10.1. The molecule has 0 spiro atoms. The minimum Gasteiger partial charge on any atom is -0.496 e. The first-order valence-electron chi connectivity index (χ1n) is 7.97. The van der Waals surface area contributed by atoms with Crippen molar-refractivity contribution in [3.8, 4) is 5.75 Å². The van der Waals surface area contributed by atoms with Crippen LogP contribution in [0.3, 0.4) is 0 Å². The molecule has 1 atom stereocenters. The molecule has 0 aliphatic carbocycles. The van der Waals surface area contributed by atoms with Crippen LogP contribution in [0.2, 0.25) is 0 Å². The molecule has 0 fully saturated rings. The van der Waals surface area contributed by atoms with E-state index >= 15 is 0 Å². The van der Waals surface area contributed by atoms with Gasteiger partial charge in [-0.3, -0.25) is 10.1 Å². The fourth-order valence-corrected chi connectivity index (χ4v) is 2.52. The number of anilines is 2. The van der Waals surface area contributed by atoms with E-state index in [-0.39, 0.29) is 17.9 Å². The molecule has 1 aromatic carbocycles. The number of nitrogens with zero attached hydrogens (tertiary/aromatic N) is 3. The van der Waals surface area contributed by atoms with E-state index in [1.807, 2.05) is 38.3 Å². The van der Waals surface area contributed by atoms with Crippen molar-refractivity contribution in [2.75, 3.05) is 24.0 Å². The third kappa shape index (κ3) is 5.06. The molecule has 0 aliphatic heterocycles. The van der Waals surface area contributed by atoms with Crippen molar-refractivity contribution >= 4 is 29.6 Å². The number of benzene rings is 1. The monoisotopic (exact) mass is 361 g/mol. The summed E-state index contributed by atoms with van der Waals surface area (Å²) in [6.45, 7) is 5.79. The van der Waals surface area contributed by atoms with Gasteiger partial charge in [-0.15, -0.1) is 0 Å². The van der Waals surface area contributed by atoms with Crippen LogP contribution in [0, 0.1) is 6.92 Å². The molecule has 1 aromatic heterocycles. The average molecular weight is 361 g/mol. The summed E-state index contributed by atoms with van der Waals surface area (Å²) in [6.07, 6.45) is 2.24. The molecule has 1 amide bonds. The fraction of sp³-hybridized carbons (Fsp3) is 0.412. The number of aryl methyl sites for hydroxylation is 1. The summed E-state index contributed by atoms with van der Waals surface area (Å²) in [5, 5.41) is 6.46. The standard InChI is InChI=1S/C17H23N5O2S/c1-6-14(23)19-16-20-15(21-17(22-16)25-5)18-11(3)12-8-7-10(2)13(9-12)24-4/h7-9,11H,6H2,1-5H3,(H2,18,19,20,21,22,23). The van der Waals surface area contributed by atoms with Gasteiger partial charge in [-0.05, 0) is 37.3 Å². The smallest absolute Gasteiger partial charge is 0.235 e. The number of hydrogen-bond donors (Lipinski definition) is 2. The molecule has 0 saturated heterocycles. The Labute approximate surface area is 152 Å². The Hall–Kier alpha value is -2.35. The van der Waals surface area contributed by atoms with E-state index in [4.69, 9.17) is 4.74 Å². The maximum atomic E-state index is 11.6. The first-order valence-corrected chi connectivity index (χ1v) is 9.20. The average Bonchev–Trinajstić information content (AvgIpc) is 2.61. The SMILES string of the molecule is CCC(=O)Nc1nc(NC(C)c2ccc(C)c(OC)c2)nc(SC)n1. The highest BCUT2D eigenvalue weighted by atomic mass is 32.2. The van der Waals surface area contributed by atoms with Crippen LogP contribution >= 0.6 is 11.8 Å². The second-order valence-corrected chi connectivity index (χ2v) is 6.24. The van der Waals surface area contributed by atoms with Gasteiger partial charge in [-0.2, -0.15) is 15.0 Å². The highest BCUT2D eigenvalue weighted by molar-refractivity contribution is 7.98. The topological polar surface area (TPSA) is 89.0 Å². The fourth-order valence-electron chi connectivity index (χ4n) is 2.16. The number of rotatable bonds is 7. The number of carbonyl (C=O) groups excluding carboxylic acids is 1. The minimum absolute atomic E-state index is 0.0404. The largest absolute Gasteiger partial charge is 0.496 e. The van der Waals surface area contributed by atoms with Gasteiger partial charge in [0.05, 0.1) is 13.2 Å². The van der Waals surface area contributed by atoms with Crippen molar-refractivity contribution in [1.82, 2.24) is 15.0 Å². The first kappa shape index (κ1) is 19.0. The summed E-state index contributed by atoms with van der Waals surface area (Å²) >= 11 is 1.39. The maximum absolute atomic E-state index is 11.6. The van der Waals surface area contributed by atoms with Crippen molar-refractivity contribution in [1.29, 1.82) is 0 Å². The van der Waals surface area contributed by atoms with Gasteiger partial charge in [0.15, 0.2) is 5.16 Å². The molecule has 0 radical (unpaired) electrons. The number of nitrogens with one attached hydrogen (secondary N) is 2. The van der Waals surface area contributed by atoms with Gasteiger partial charge in [0, 0.05) is 6.42 Å². The quantitative estimate of drug-likeness (QED) is 0.730. The van der Waals surface area contributed by atoms with Gasteiger partial charge < -0.3 is 10.1 Å². The second-order valence-electron chi connectivity index (χ2n) is 5.47. The highest BCUT2D eigenvalue weighted by Gasteiger charge is 2.13. The lowest BCUT2D eigenvalue weighted by Gasteiger charge is -2.16. The van der Waals surface area contributed by atoms with Crippen molar-refractivity contribution in [2.24, 2.45) is 0 Å². The molecule has 1 unspecified atom stereocenters. The molecule has 2 aromatic rings. The zero-order valence-corrected chi connectivity index (χ0v) is 15.9. The summed E-state index contributed by atoms with van der Waals surface area (Å²) in [7, 11) is 1.66. The van der Waals surface area contributed by atoms with Crippen molar-refractivity contribution in [3.05, 3.63) is 29.3 Å². The van der Waals surface area contributed by atoms with Crippen LogP contribution in [0.15, 0.2) is 23.4 Å². The number of carbonyl (C=O) groups is 1. The Morgan fingerprint density at radius 2 is 2.00 bits per heavy atom. The van der Waals surface area contributed by atoms with Gasteiger partial charge in [-0.25, -0.2) is 0 Å². The number of thioether (sulfide) groups is 1. The van der Waals surface area contributed by atoms with Gasteiger partial charge in [0.2, 0.25) is 17.8 Å². The number of aromatic nitrogens is 3. The lowest BCUT2D eigenvalue weighted by molar-refractivity contribution is -0.115. The molecular formula is C17H23N5O2S. The second kappa shape index (κ2) is 8.66. The molecule has 25 heavy (non-hydrogen) atoms. The maximum Gasteiger partial charge on any atom is 0.235 e. The molecule has 0 aliphatic rings. The zero-order valence-electron chi connectivity index (χ0n) is 15.1. The predicted molar refractivity (Wildman–Crippen MR) is 100 cm³/mol. The van der Waals surface area contributed by atoms with E-state index < -0.39 is 0 Å². The van der Waals surface area contributed by atoms with E-state index in [0.717, 1.165) is 16.9 Å². The van der Waals surface area contributed by atoms with Crippen LogP contribution in [0.5, 0.6) is 5.75 Å². The van der Waals surface area contributed by atoms with E-state index in [9.17, 15) is 4.79 Å². The van der Waals surface area contributed by atoms with Crippen molar-refractivity contribution < 1.29 is 9.53 Å². The Morgan fingerprint density at radius 1 is 1.28 bits per heavy atom. The van der Waals surface area contributed by atoms with Crippen LogP contribution in [-0.2, 0) is 4.79 Å². The summed E-state index contributed by atoms with van der Waals surface area (Å²) in [5.74, 6) is 1.36. The van der Waals surface area contributed by atoms with E-state index in [2.05, 4.69) is 25.6 Å². The normalized spacial score (nSPS) is 11.7. The molecule has 0 saturated carbocycles. The number of hydrogen-bond acceptors (Lipinski definition) is 7. The van der Waals surface area contributed by atoms with Crippen molar-refractivity contribution in [3.63, 3.8) is 0 Å². The van der Waals surface area contributed by atoms with E-state index in [1.54, 1.807) is 14.0 Å². The molecule has 2 N–H and O–H groups in total. The molecular weight excluding hydrogens is 338 g/mol. The number of methoxy groups -OCH3 is 1. The van der Waals surface area contributed by atoms with Gasteiger partial charge in [0.1, 0.15) is 5.75 Å². The van der Waals surface area contributed by atoms with Crippen LogP contribution in [-0.4, -0.2) is 34.2 Å². The van der Waals surface area contributed by atoms with E-state index in [1.165, 1.54) is 11.8 Å². The van der Waals surface area contributed by atoms with E-state index in [0.29, 0.717) is 17.5 Å². The summed E-state index contributed by atoms with van der Waals surface area (Å²) in [4.78, 5) is 24.4. The Balaban J connectivity index is 2.23. The summed E-state index contributed by atoms with van der Waals surface area (Å²) in [6, 6.07) is 6.00. The van der Waals surface area contributed by atoms with Gasteiger partial charge in [0.25, 0.3) is 0 Å². The summed E-state index contributed by atoms with van der Waals surface area (Å²) in [5.41, 5.74) is 2.13. The molecule has 7 nitrogen and oxygen atoms in total. The Bertz CT molecular complexity index is 754. The van der Waals surface area contributed by atoms with Crippen LogP contribution in [0.4, 0.5) is 11.9 Å². The third-order valence-electron chi connectivity index (χ3n) is 3.65. The minimum atomic E-state index is -0.138. The van der Waals surface area contributed by atoms with Crippen LogP contribution < -0.4 is 15.4 Å². The highest BCUT2D eigenvalue weighted by Crippen LogP contribution is 2.25. The molecule has 8 heteroatoms.